The van der Waals surface area contributed by atoms with Crippen molar-refractivity contribution < 1.29 is 4.74 Å². The zero-order chi connectivity index (χ0) is 21.4. The van der Waals surface area contributed by atoms with Crippen LogP contribution in [0.4, 0.5) is 5.82 Å². The molecule has 2 aliphatic rings. The van der Waals surface area contributed by atoms with E-state index in [0.717, 1.165) is 62.4 Å². The third-order valence-corrected chi connectivity index (χ3v) is 6.45. The van der Waals surface area contributed by atoms with Gasteiger partial charge in [-0.25, -0.2) is 4.68 Å². The molecule has 4 heterocycles. The molecule has 5 rings (SSSR count). The second kappa shape index (κ2) is 8.73. The van der Waals surface area contributed by atoms with Crippen molar-refractivity contribution in [3.63, 3.8) is 0 Å². The van der Waals surface area contributed by atoms with Crippen LogP contribution in [0, 0.1) is 0 Å². The van der Waals surface area contributed by atoms with Gasteiger partial charge in [0.15, 0.2) is 5.65 Å². The Bertz CT molecular complexity index is 1020. The highest BCUT2D eigenvalue weighted by atomic mass is 35.5. The Kier molecular flexibility index (Phi) is 5.82. The lowest BCUT2D eigenvalue weighted by molar-refractivity contribution is -0.00537. The average molecular weight is 441 g/mol. The summed E-state index contributed by atoms with van der Waals surface area (Å²) >= 11 is 6.37. The van der Waals surface area contributed by atoms with E-state index in [1.807, 2.05) is 6.20 Å². The third-order valence-electron chi connectivity index (χ3n) is 6.28. The molecule has 1 aromatic carbocycles. The summed E-state index contributed by atoms with van der Waals surface area (Å²) in [4.78, 5) is 13.9. The van der Waals surface area contributed by atoms with Crippen LogP contribution in [-0.4, -0.2) is 63.0 Å². The minimum absolute atomic E-state index is 0.150. The van der Waals surface area contributed by atoms with E-state index in [9.17, 15) is 0 Å². The highest BCUT2D eigenvalue weighted by molar-refractivity contribution is 6.28. The van der Waals surface area contributed by atoms with Gasteiger partial charge < -0.3 is 9.64 Å². The van der Waals surface area contributed by atoms with Crippen LogP contribution in [-0.2, 0) is 11.3 Å². The first kappa shape index (κ1) is 20.7. The van der Waals surface area contributed by atoms with Crippen molar-refractivity contribution in [3.05, 3.63) is 47.4 Å². The van der Waals surface area contributed by atoms with Gasteiger partial charge in [0.1, 0.15) is 5.82 Å². The minimum Gasteiger partial charge on any atom is -0.372 e. The Morgan fingerprint density at radius 3 is 2.45 bits per heavy atom. The lowest BCUT2D eigenvalue weighted by Crippen LogP contribution is -2.46. The van der Waals surface area contributed by atoms with Gasteiger partial charge in [0.2, 0.25) is 5.28 Å². The topological polar surface area (TPSA) is 59.3 Å². The number of hydrogen-bond donors (Lipinski definition) is 0. The Morgan fingerprint density at radius 1 is 1.03 bits per heavy atom. The van der Waals surface area contributed by atoms with E-state index in [1.54, 1.807) is 0 Å². The van der Waals surface area contributed by atoms with E-state index < -0.39 is 0 Å². The molecule has 0 spiro atoms. The molecule has 0 aliphatic carbocycles. The van der Waals surface area contributed by atoms with Crippen LogP contribution in [0.2, 0.25) is 5.28 Å². The quantitative estimate of drug-likeness (QED) is 0.573. The number of rotatable bonds is 4. The standard InChI is InChI=1S/C23H29ClN6O/c1-16-13-29(14-17(2)31-16)21-20-12-25-30(22(20)27-23(24)26-21)19-8-10-28(11-9-19)15-18-6-4-3-5-7-18/h3-7,12,16-17,19H,8-11,13-15H2,1-2H3/t16-,17+. The molecule has 31 heavy (non-hydrogen) atoms. The molecule has 2 aliphatic heterocycles. The number of fused-ring (bicyclic) bond motifs is 1. The molecular formula is C23H29ClN6O. The first-order valence-corrected chi connectivity index (χ1v) is 11.5. The summed E-state index contributed by atoms with van der Waals surface area (Å²) in [6, 6.07) is 11.0. The maximum atomic E-state index is 6.37. The molecule has 0 saturated carbocycles. The van der Waals surface area contributed by atoms with Gasteiger partial charge in [-0.2, -0.15) is 15.1 Å². The van der Waals surface area contributed by atoms with Crippen molar-refractivity contribution in [2.24, 2.45) is 0 Å². The molecule has 7 nitrogen and oxygen atoms in total. The zero-order valence-electron chi connectivity index (χ0n) is 18.1. The lowest BCUT2D eigenvalue weighted by Gasteiger charge is -2.36. The van der Waals surface area contributed by atoms with Gasteiger partial charge in [-0.15, -0.1) is 0 Å². The van der Waals surface area contributed by atoms with Crippen LogP contribution in [0.5, 0.6) is 0 Å². The van der Waals surface area contributed by atoms with Crippen LogP contribution in [0.15, 0.2) is 36.5 Å². The largest absolute Gasteiger partial charge is 0.372 e. The van der Waals surface area contributed by atoms with Crippen molar-refractivity contribution >= 4 is 28.5 Å². The fourth-order valence-corrected chi connectivity index (χ4v) is 5.07. The summed E-state index contributed by atoms with van der Waals surface area (Å²) in [6.07, 6.45) is 4.30. The van der Waals surface area contributed by atoms with Crippen LogP contribution < -0.4 is 4.90 Å². The summed E-state index contributed by atoms with van der Waals surface area (Å²) in [5.74, 6) is 0.866. The van der Waals surface area contributed by atoms with Crippen molar-refractivity contribution in [1.29, 1.82) is 0 Å². The Morgan fingerprint density at radius 2 is 1.74 bits per heavy atom. The number of ether oxygens (including phenoxy) is 1. The number of morpholine rings is 1. The number of anilines is 1. The molecule has 164 valence electrons. The van der Waals surface area contributed by atoms with Gasteiger partial charge in [0.05, 0.1) is 29.8 Å². The van der Waals surface area contributed by atoms with E-state index in [4.69, 9.17) is 21.4 Å². The van der Waals surface area contributed by atoms with Crippen LogP contribution >= 0.6 is 11.6 Å². The van der Waals surface area contributed by atoms with Gasteiger partial charge in [-0.3, -0.25) is 4.90 Å². The monoisotopic (exact) mass is 440 g/mol. The van der Waals surface area contributed by atoms with Crippen LogP contribution in [0.25, 0.3) is 11.0 Å². The highest BCUT2D eigenvalue weighted by Crippen LogP contribution is 2.32. The number of halogens is 1. The highest BCUT2D eigenvalue weighted by Gasteiger charge is 2.28. The van der Waals surface area contributed by atoms with Crippen molar-refractivity contribution in [3.8, 4) is 0 Å². The molecule has 2 saturated heterocycles. The molecule has 8 heteroatoms. The molecule has 2 aromatic heterocycles. The number of likely N-dealkylation sites (tertiary alicyclic amines) is 1. The number of aromatic nitrogens is 4. The Labute approximate surface area is 188 Å². The molecule has 0 unspecified atom stereocenters. The molecule has 2 fully saturated rings. The van der Waals surface area contributed by atoms with Crippen LogP contribution in [0.3, 0.4) is 0 Å². The molecular weight excluding hydrogens is 412 g/mol. The summed E-state index contributed by atoms with van der Waals surface area (Å²) in [6.45, 7) is 8.85. The third kappa shape index (κ3) is 4.40. The van der Waals surface area contributed by atoms with E-state index >= 15 is 0 Å². The molecule has 0 bridgehead atoms. The predicted molar refractivity (Wildman–Crippen MR) is 123 cm³/mol. The van der Waals surface area contributed by atoms with Gasteiger partial charge in [0, 0.05) is 32.7 Å². The molecule has 2 atom stereocenters. The first-order chi connectivity index (χ1) is 15.1. The van der Waals surface area contributed by atoms with Crippen molar-refractivity contribution in [2.75, 3.05) is 31.1 Å². The maximum absolute atomic E-state index is 6.37. The van der Waals surface area contributed by atoms with Gasteiger partial charge in [-0.1, -0.05) is 30.3 Å². The average Bonchev–Trinajstić information content (AvgIpc) is 3.17. The number of benzene rings is 1. The van der Waals surface area contributed by atoms with Crippen molar-refractivity contribution in [1.82, 2.24) is 24.6 Å². The number of nitrogens with zero attached hydrogens (tertiary/aromatic N) is 6. The lowest BCUT2D eigenvalue weighted by atomic mass is 10.0. The maximum Gasteiger partial charge on any atom is 0.226 e. The Hall–Kier alpha value is -2.22. The number of piperidine rings is 1. The first-order valence-electron chi connectivity index (χ1n) is 11.1. The smallest absolute Gasteiger partial charge is 0.226 e. The van der Waals surface area contributed by atoms with E-state index in [1.165, 1.54) is 5.56 Å². The van der Waals surface area contributed by atoms with E-state index in [0.29, 0.717) is 6.04 Å². The van der Waals surface area contributed by atoms with Gasteiger partial charge >= 0.3 is 0 Å². The second-order valence-corrected chi connectivity index (χ2v) is 9.14. The summed E-state index contributed by atoms with van der Waals surface area (Å²) in [5.41, 5.74) is 2.20. The molecule has 0 amide bonds. The van der Waals surface area contributed by atoms with Crippen LogP contribution in [0.1, 0.15) is 38.3 Å². The number of hydrogen-bond acceptors (Lipinski definition) is 6. The summed E-state index contributed by atoms with van der Waals surface area (Å²) in [5, 5.41) is 5.99. The molecule has 3 aromatic rings. The predicted octanol–water partition coefficient (Wildman–Crippen LogP) is 3.93. The van der Waals surface area contributed by atoms with E-state index in [-0.39, 0.29) is 17.5 Å². The zero-order valence-corrected chi connectivity index (χ0v) is 18.9. The minimum atomic E-state index is 0.150. The molecule has 0 radical (unpaired) electrons. The summed E-state index contributed by atoms with van der Waals surface area (Å²) in [7, 11) is 0. The SMILES string of the molecule is C[C@@H]1CN(c2nc(Cl)nc3c2cnn3C2CCN(Cc3ccccc3)CC2)C[C@H](C)O1. The van der Waals surface area contributed by atoms with Crippen molar-refractivity contribution in [2.45, 2.75) is 51.5 Å². The second-order valence-electron chi connectivity index (χ2n) is 8.80. The van der Waals surface area contributed by atoms with Gasteiger partial charge in [-0.05, 0) is 43.9 Å². The van der Waals surface area contributed by atoms with Gasteiger partial charge in [0.25, 0.3) is 0 Å². The normalized spacial score (nSPS) is 23.5. The summed E-state index contributed by atoms with van der Waals surface area (Å²) < 4.78 is 7.96. The Balaban J connectivity index is 1.35. The molecule has 0 N–H and O–H groups in total. The fourth-order valence-electron chi connectivity index (χ4n) is 4.91. The fraction of sp³-hybridized carbons (Fsp3) is 0.522. The van der Waals surface area contributed by atoms with E-state index in [2.05, 4.69) is 68.6 Å².